The summed E-state index contributed by atoms with van der Waals surface area (Å²) in [5.74, 6) is 0. The maximum absolute atomic E-state index is 5.97. The molecule has 436 valence electrons. The summed E-state index contributed by atoms with van der Waals surface area (Å²) in [6.45, 7) is 39.5. The van der Waals surface area contributed by atoms with Crippen molar-refractivity contribution in [3.63, 3.8) is 0 Å². The second-order valence-corrected chi connectivity index (χ2v) is 23.2. The van der Waals surface area contributed by atoms with Crippen LogP contribution in [-0.4, -0.2) is 39.9 Å². The molecule has 0 spiro atoms. The van der Waals surface area contributed by atoms with Gasteiger partial charge in [0.25, 0.3) is 0 Å². The summed E-state index contributed by atoms with van der Waals surface area (Å²) >= 11 is 0. The van der Waals surface area contributed by atoms with Crippen LogP contribution in [-0.2, 0) is 64.2 Å². The second kappa shape index (κ2) is 24.8. The Bertz CT molecular complexity index is 4050. The average Bonchev–Trinajstić information content (AvgIpc) is 4.58. The number of rotatable bonds is 19. The second-order valence-electron chi connectivity index (χ2n) is 23.2. The lowest BCUT2D eigenvalue weighted by Gasteiger charge is -2.13. The third-order valence-corrected chi connectivity index (χ3v) is 19.4. The first-order chi connectivity index (χ1) is 40.4. The first-order valence-electron chi connectivity index (χ1n) is 32.9. The fourth-order valence-corrected chi connectivity index (χ4v) is 15.6. The van der Waals surface area contributed by atoms with Gasteiger partial charge in [0.05, 0.1) is 45.6 Å². The number of H-pyrrole nitrogens is 4. The molecule has 0 saturated carbocycles. The molecule has 0 fully saturated rings. The van der Waals surface area contributed by atoms with E-state index in [-0.39, 0.29) is 0 Å². The predicted molar refractivity (Wildman–Crippen MR) is 359 cm³/mol. The molecule has 4 aliphatic rings. The zero-order valence-corrected chi connectivity index (χ0v) is 53.9. The largest absolute Gasteiger partial charge is 0.355 e. The van der Waals surface area contributed by atoms with Crippen LogP contribution < -0.4 is 0 Å². The number of hydrogen-bond acceptors (Lipinski definition) is 4. The highest BCUT2D eigenvalue weighted by Gasteiger charge is 2.29. The summed E-state index contributed by atoms with van der Waals surface area (Å²) in [6.07, 6.45) is 16.2. The maximum Gasteiger partial charge on any atom is 0.0725 e. The number of nitrogens with zero attached hydrogens (tertiary/aromatic N) is 4. The fraction of sp³-hybridized carbons (Fsp3) is 0.467. The Kier molecular flexibility index (Phi) is 17.7. The van der Waals surface area contributed by atoms with Crippen LogP contribution in [0.25, 0.3) is 88.7 Å². The first-order valence-corrected chi connectivity index (χ1v) is 32.9. The minimum absolute atomic E-state index is 0.764. The van der Waals surface area contributed by atoms with Gasteiger partial charge < -0.3 is 19.9 Å². The van der Waals surface area contributed by atoms with Gasteiger partial charge >= 0.3 is 0 Å². The van der Waals surface area contributed by atoms with Crippen LogP contribution in [0.2, 0.25) is 0 Å². The number of nitrogens with one attached hydrogen (secondary N) is 4. The summed E-state index contributed by atoms with van der Waals surface area (Å²) in [6, 6.07) is 12.0. The van der Waals surface area contributed by atoms with E-state index in [4.69, 9.17) is 19.9 Å². The fourth-order valence-electron chi connectivity index (χ4n) is 15.6. The summed E-state index contributed by atoms with van der Waals surface area (Å²) in [4.78, 5) is 39.7. The molecule has 83 heavy (non-hydrogen) atoms. The molecule has 8 heteroatoms. The Morgan fingerprint density at radius 1 is 0.241 bits per heavy atom. The van der Waals surface area contributed by atoms with E-state index in [2.05, 4.69) is 168 Å². The Labute approximate surface area is 496 Å². The molecule has 0 saturated heterocycles. The maximum atomic E-state index is 5.97. The van der Waals surface area contributed by atoms with Crippen molar-refractivity contribution in [1.82, 2.24) is 39.9 Å². The van der Waals surface area contributed by atoms with E-state index in [0.29, 0.717) is 0 Å². The van der Waals surface area contributed by atoms with E-state index in [0.717, 1.165) is 161 Å². The number of aryl methyl sites for hydroxylation is 11. The molecule has 0 unspecified atom stereocenters. The Morgan fingerprint density at radius 2 is 0.482 bits per heavy atom. The standard InChI is InChI=1S/C75H96N8/c1-18-42-44(20-3)62-37-66-48(24-7)54(30-13)72(80-66)58(73-55(31-14)49(25-8)67(81-73)38-63-45(21-4)43(19-2)61(77-63)36-60(42)76-62)34-35-59-74-56(32-15)50(26-9)68(82-74)39-64-46(22-5)52(28-11)70(78-64)41(17)71-53(29-12)47(23-6)65(79-71)40-69-51(27-10)57(33-16)75(59)83-69/h36-40,76,78,81,83H,18-35H2,1-17H3. The summed E-state index contributed by atoms with van der Waals surface area (Å²) < 4.78 is 0. The van der Waals surface area contributed by atoms with Crippen molar-refractivity contribution in [2.75, 3.05) is 0 Å². The van der Waals surface area contributed by atoms with Gasteiger partial charge in [0.15, 0.2) is 0 Å². The van der Waals surface area contributed by atoms with Crippen LogP contribution in [0, 0.1) is 6.92 Å². The molecule has 6 aromatic rings. The first kappa shape index (κ1) is 59.4. The van der Waals surface area contributed by atoms with Gasteiger partial charge in [-0.1, -0.05) is 111 Å². The third-order valence-electron chi connectivity index (χ3n) is 19.4. The molecule has 0 radical (unpaired) electrons. The molecular weight excluding hydrogens is 1010 g/mol. The van der Waals surface area contributed by atoms with E-state index in [1.54, 1.807) is 0 Å². The highest BCUT2D eigenvalue weighted by Crippen LogP contribution is 2.45. The average molecular weight is 1110 g/mol. The van der Waals surface area contributed by atoms with Crippen LogP contribution in [0.1, 0.15) is 269 Å². The van der Waals surface area contributed by atoms with E-state index < -0.39 is 0 Å². The molecule has 10 rings (SSSR count). The van der Waals surface area contributed by atoms with Gasteiger partial charge in [-0.15, -0.1) is 0 Å². The van der Waals surface area contributed by atoms with Gasteiger partial charge in [-0.05, 0) is 247 Å². The molecule has 4 aliphatic heterocycles. The molecule has 0 aliphatic carbocycles. The number of aromatic nitrogens is 8. The topological polar surface area (TPSA) is 115 Å². The van der Waals surface area contributed by atoms with Crippen LogP contribution in [0.3, 0.4) is 0 Å². The Balaban J connectivity index is 1.38. The minimum Gasteiger partial charge on any atom is -0.355 e. The number of aromatic amines is 4. The van der Waals surface area contributed by atoms with Gasteiger partial charge in [-0.3, -0.25) is 0 Å². The monoisotopic (exact) mass is 1110 g/mol. The lowest BCUT2D eigenvalue weighted by molar-refractivity contribution is 0.937. The summed E-state index contributed by atoms with van der Waals surface area (Å²) in [7, 11) is 0. The Hall–Kier alpha value is -6.80. The van der Waals surface area contributed by atoms with Crippen molar-refractivity contribution in [3.8, 4) is 0 Å². The van der Waals surface area contributed by atoms with Crippen molar-refractivity contribution in [2.45, 2.75) is 233 Å². The quantitative estimate of drug-likeness (QED) is 0.0647. The molecule has 8 nitrogen and oxygen atoms in total. The van der Waals surface area contributed by atoms with Gasteiger partial charge in [0.1, 0.15) is 0 Å². The molecule has 10 heterocycles. The lowest BCUT2D eigenvalue weighted by Crippen LogP contribution is -2.03. The van der Waals surface area contributed by atoms with Crippen LogP contribution in [0.15, 0.2) is 30.3 Å². The van der Waals surface area contributed by atoms with Crippen LogP contribution >= 0.6 is 0 Å². The Morgan fingerprint density at radius 3 is 0.795 bits per heavy atom. The van der Waals surface area contributed by atoms with Crippen LogP contribution in [0.4, 0.5) is 0 Å². The van der Waals surface area contributed by atoms with Crippen molar-refractivity contribution in [1.29, 1.82) is 0 Å². The smallest absolute Gasteiger partial charge is 0.0725 e. The highest BCUT2D eigenvalue weighted by molar-refractivity contribution is 5.99. The van der Waals surface area contributed by atoms with Crippen LogP contribution in [0.5, 0.6) is 0 Å². The zero-order chi connectivity index (χ0) is 59.1. The normalized spacial score (nSPS) is 13.8. The molecule has 4 N–H and O–H groups in total. The SMILES string of the molecule is CCC1=C(CC)c2cc3[nH]c(c(CCc4c5nc(cc6[nH]c(c(C)c7nc(cc8[nH]c4c(CC)c8CC)C(CC)=C7CC)c(CC)c6CC)C(CC)=C5CC)c4nc(cc5[nH]c(cc1n2)c(CC)c5CC)C(CC)=C4CC)c(CC)c3CC. The summed E-state index contributed by atoms with van der Waals surface area (Å²) in [5, 5.41) is 0. The van der Waals surface area contributed by atoms with E-state index >= 15 is 0 Å². The number of allylic oxidation sites excluding steroid dienone is 8. The third kappa shape index (κ3) is 9.86. The summed E-state index contributed by atoms with van der Waals surface area (Å²) in [5.41, 5.74) is 44.0. The van der Waals surface area contributed by atoms with Crippen molar-refractivity contribution in [3.05, 3.63) is 137 Å². The molecule has 0 amide bonds. The molecule has 0 aromatic carbocycles. The number of fused-ring (bicyclic) bond motifs is 16. The predicted octanol–water partition coefficient (Wildman–Crippen LogP) is 20.5. The van der Waals surface area contributed by atoms with Crippen molar-refractivity contribution < 1.29 is 0 Å². The molecule has 16 bridgehead atoms. The van der Waals surface area contributed by atoms with Gasteiger partial charge in [0, 0.05) is 55.3 Å². The molecule has 6 aromatic heterocycles. The molecular formula is C75H96N8. The van der Waals surface area contributed by atoms with E-state index in [1.807, 2.05) is 0 Å². The lowest BCUT2D eigenvalue weighted by atomic mass is 9.91. The van der Waals surface area contributed by atoms with Gasteiger partial charge in [-0.2, -0.15) is 0 Å². The number of hydrogen-bond donors (Lipinski definition) is 4. The minimum atomic E-state index is 0.764. The highest BCUT2D eigenvalue weighted by atomic mass is 14.8. The van der Waals surface area contributed by atoms with Crippen molar-refractivity contribution >= 4 is 88.7 Å². The van der Waals surface area contributed by atoms with E-state index in [9.17, 15) is 0 Å². The molecule has 0 atom stereocenters. The van der Waals surface area contributed by atoms with Gasteiger partial charge in [-0.25, -0.2) is 19.9 Å². The van der Waals surface area contributed by atoms with E-state index in [1.165, 1.54) is 150 Å². The zero-order valence-electron chi connectivity index (χ0n) is 53.9. The van der Waals surface area contributed by atoms with Gasteiger partial charge in [0.2, 0.25) is 0 Å². The van der Waals surface area contributed by atoms with Crippen molar-refractivity contribution in [2.24, 2.45) is 0 Å².